The normalized spacial score (nSPS) is 23.1. The van der Waals surface area contributed by atoms with Crippen molar-refractivity contribution in [3.63, 3.8) is 0 Å². The van der Waals surface area contributed by atoms with Gasteiger partial charge in [0.1, 0.15) is 0 Å². The Bertz CT molecular complexity index is 1250. The molecule has 39 heavy (non-hydrogen) atoms. The third-order valence-corrected chi connectivity index (χ3v) is 11.0. The Hall–Kier alpha value is -1.95. The van der Waals surface area contributed by atoms with Crippen LogP contribution < -0.4 is 5.32 Å². The van der Waals surface area contributed by atoms with E-state index in [0.29, 0.717) is 29.8 Å². The van der Waals surface area contributed by atoms with Crippen molar-refractivity contribution in [1.29, 1.82) is 0 Å². The topological polar surface area (TPSA) is 86.7 Å². The fourth-order valence-electron chi connectivity index (χ4n) is 5.86. The SMILES string of the molecule is CCS(=O)(=O)c1ccc([C@H](CO)NC(=O)c2cc3c(s2)[C@@H](C(C)C)N(C[C@H]2CC[C@H](C(F)(F)F)CC2)C3)cc1. The minimum absolute atomic E-state index is 0.0104. The first-order valence-electron chi connectivity index (χ1n) is 13.5. The Morgan fingerprint density at radius 2 is 1.79 bits per heavy atom. The molecule has 1 aliphatic carbocycles. The van der Waals surface area contributed by atoms with Crippen molar-refractivity contribution >= 4 is 27.1 Å². The number of fused-ring (bicyclic) bond motifs is 1. The number of benzene rings is 1. The Morgan fingerprint density at radius 1 is 1.15 bits per heavy atom. The molecule has 1 amide bonds. The van der Waals surface area contributed by atoms with Crippen LogP contribution in [0.25, 0.3) is 0 Å². The lowest BCUT2D eigenvalue weighted by molar-refractivity contribution is -0.184. The number of aliphatic hydroxyl groups excluding tert-OH is 1. The molecule has 1 aromatic carbocycles. The highest BCUT2D eigenvalue weighted by Crippen LogP contribution is 2.46. The Balaban J connectivity index is 1.41. The molecule has 1 aromatic heterocycles. The monoisotopic (exact) mass is 586 g/mol. The average Bonchev–Trinajstić information content (AvgIpc) is 3.44. The standard InChI is InChI=1S/C28H37F3N2O4S2/c1-4-39(36,37)22-11-7-19(8-12-22)23(16-34)32-27(35)24-13-20-15-33(25(17(2)3)26(20)38-24)14-18-5-9-21(10-6-18)28(29,30)31/h7-8,11-13,17-18,21,23,25,34H,4-6,9-10,14-16H2,1-3H3,(H,32,35)/t18-,21-,23-,25+/m0/s1. The largest absolute Gasteiger partial charge is 0.394 e. The van der Waals surface area contributed by atoms with Crippen molar-refractivity contribution in [2.75, 3.05) is 18.9 Å². The zero-order valence-electron chi connectivity index (χ0n) is 22.5. The van der Waals surface area contributed by atoms with E-state index in [-0.39, 0.29) is 53.9 Å². The van der Waals surface area contributed by atoms with Crippen LogP contribution in [-0.4, -0.2) is 49.4 Å². The smallest absolute Gasteiger partial charge is 0.391 e. The van der Waals surface area contributed by atoms with E-state index in [0.717, 1.165) is 17.0 Å². The number of nitrogens with zero attached hydrogens (tertiary/aromatic N) is 1. The predicted octanol–water partition coefficient (Wildman–Crippen LogP) is 5.89. The Kier molecular flexibility index (Phi) is 9.15. The maximum absolute atomic E-state index is 13.1. The van der Waals surface area contributed by atoms with Gasteiger partial charge < -0.3 is 10.4 Å². The van der Waals surface area contributed by atoms with Gasteiger partial charge in [0.15, 0.2) is 9.84 Å². The van der Waals surface area contributed by atoms with Gasteiger partial charge >= 0.3 is 6.18 Å². The van der Waals surface area contributed by atoms with Gasteiger partial charge in [0.05, 0.1) is 34.1 Å². The van der Waals surface area contributed by atoms with E-state index in [9.17, 15) is 31.5 Å². The molecule has 6 nitrogen and oxygen atoms in total. The summed E-state index contributed by atoms with van der Waals surface area (Å²) in [5.41, 5.74) is 1.68. The van der Waals surface area contributed by atoms with Gasteiger partial charge in [-0.1, -0.05) is 32.9 Å². The number of thiophene rings is 1. The van der Waals surface area contributed by atoms with Crippen LogP contribution in [0.1, 0.15) is 84.2 Å². The van der Waals surface area contributed by atoms with Gasteiger partial charge in [0.2, 0.25) is 0 Å². The van der Waals surface area contributed by atoms with Crippen LogP contribution in [0.4, 0.5) is 13.2 Å². The molecule has 11 heteroatoms. The number of hydrogen-bond donors (Lipinski definition) is 2. The molecule has 216 valence electrons. The molecule has 0 bridgehead atoms. The van der Waals surface area contributed by atoms with Gasteiger partial charge in [-0.15, -0.1) is 11.3 Å². The molecule has 2 aliphatic rings. The summed E-state index contributed by atoms with van der Waals surface area (Å²) >= 11 is 1.43. The van der Waals surface area contributed by atoms with Crippen molar-refractivity contribution in [1.82, 2.24) is 10.2 Å². The number of halogens is 3. The summed E-state index contributed by atoms with van der Waals surface area (Å²) in [6.45, 7) is 6.90. The summed E-state index contributed by atoms with van der Waals surface area (Å²) in [7, 11) is -3.34. The fourth-order valence-corrected chi connectivity index (χ4v) is 8.13. The Labute approximate surface area is 232 Å². The van der Waals surface area contributed by atoms with Crippen LogP contribution in [0.15, 0.2) is 35.2 Å². The fraction of sp³-hybridized carbons (Fsp3) is 0.607. The summed E-state index contributed by atoms with van der Waals surface area (Å²) in [5.74, 6) is -0.982. The van der Waals surface area contributed by atoms with E-state index < -0.39 is 28.0 Å². The highest BCUT2D eigenvalue weighted by molar-refractivity contribution is 7.91. The van der Waals surface area contributed by atoms with Crippen LogP contribution in [0.2, 0.25) is 0 Å². The first-order chi connectivity index (χ1) is 18.3. The number of alkyl halides is 3. The highest BCUT2D eigenvalue weighted by atomic mass is 32.2. The van der Waals surface area contributed by atoms with Crippen LogP contribution in [0.3, 0.4) is 0 Å². The summed E-state index contributed by atoms with van der Waals surface area (Å²) in [5, 5.41) is 12.8. The molecule has 0 saturated heterocycles. The van der Waals surface area contributed by atoms with Crippen LogP contribution in [0.5, 0.6) is 0 Å². The zero-order chi connectivity index (χ0) is 28.5. The molecule has 2 aromatic rings. The van der Waals surface area contributed by atoms with Gasteiger partial charge in [-0.2, -0.15) is 13.2 Å². The number of nitrogens with one attached hydrogen (secondary N) is 1. The van der Waals surface area contributed by atoms with Gasteiger partial charge in [-0.05, 0) is 66.8 Å². The summed E-state index contributed by atoms with van der Waals surface area (Å²) < 4.78 is 63.4. The molecule has 0 spiro atoms. The molecular weight excluding hydrogens is 549 g/mol. The molecule has 2 N–H and O–H groups in total. The van der Waals surface area contributed by atoms with Gasteiger partial charge in [0, 0.05) is 24.0 Å². The maximum Gasteiger partial charge on any atom is 0.391 e. The average molecular weight is 587 g/mol. The zero-order valence-corrected chi connectivity index (χ0v) is 24.1. The second kappa shape index (κ2) is 11.9. The first-order valence-corrected chi connectivity index (χ1v) is 16.0. The van der Waals surface area contributed by atoms with E-state index in [1.807, 2.05) is 6.07 Å². The van der Waals surface area contributed by atoms with Gasteiger partial charge in [-0.3, -0.25) is 9.69 Å². The van der Waals surface area contributed by atoms with Crippen LogP contribution in [-0.2, 0) is 16.4 Å². The number of rotatable bonds is 9. The molecule has 0 radical (unpaired) electrons. The van der Waals surface area contributed by atoms with E-state index in [1.165, 1.54) is 23.5 Å². The van der Waals surface area contributed by atoms with E-state index >= 15 is 0 Å². The third-order valence-electron chi connectivity index (χ3n) is 8.04. The molecular formula is C28H37F3N2O4S2. The molecule has 2 heterocycles. The number of hydrogen-bond acceptors (Lipinski definition) is 6. The molecule has 1 aliphatic heterocycles. The maximum atomic E-state index is 13.1. The second-order valence-electron chi connectivity index (χ2n) is 11.1. The molecule has 4 rings (SSSR count). The van der Waals surface area contributed by atoms with Crippen molar-refractivity contribution < 1.29 is 31.5 Å². The number of amides is 1. The molecule has 1 saturated carbocycles. The lowest BCUT2D eigenvalue weighted by Crippen LogP contribution is -2.35. The number of carbonyl (C=O) groups is 1. The van der Waals surface area contributed by atoms with Crippen LogP contribution in [0, 0.1) is 17.8 Å². The Morgan fingerprint density at radius 3 is 2.33 bits per heavy atom. The quantitative estimate of drug-likeness (QED) is 0.383. The van der Waals surface area contributed by atoms with Crippen LogP contribution >= 0.6 is 11.3 Å². The third kappa shape index (κ3) is 6.69. The summed E-state index contributed by atoms with van der Waals surface area (Å²) in [4.78, 5) is 17.4. The first kappa shape index (κ1) is 30.0. The summed E-state index contributed by atoms with van der Waals surface area (Å²) in [6, 6.07) is 7.49. The van der Waals surface area contributed by atoms with Crippen molar-refractivity contribution in [3.8, 4) is 0 Å². The molecule has 1 fully saturated rings. The van der Waals surface area contributed by atoms with E-state index in [4.69, 9.17) is 0 Å². The predicted molar refractivity (Wildman–Crippen MR) is 145 cm³/mol. The van der Waals surface area contributed by atoms with Crippen molar-refractivity contribution in [2.24, 2.45) is 17.8 Å². The van der Waals surface area contributed by atoms with E-state index in [1.54, 1.807) is 19.1 Å². The van der Waals surface area contributed by atoms with Crippen molar-refractivity contribution in [2.45, 2.75) is 76.2 Å². The summed E-state index contributed by atoms with van der Waals surface area (Å²) in [6.07, 6.45) is -2.54. The van der Waals surface area contributed by atoms with Crippen molar-refractivity contribution in [3.05, 3.63) is 51.2 Å². The minimum Gasteiger partial charge on any atom is -0.394 e. The number of sulfone groups is 1. The number of aliphatic hydroxyl groups is 1. The number of carbonyl (C=O) groups excluding carboxylic acids is 1. The molecule has 0 unspecified atom stereocenters. The minimum atomic E-state index is -4.10. The van der Waals surface area contributed by atoms with Gasteiger partial charge in [0.25, 0.3) is 5.91 Å². The highest BCUT2D eigenvalue weighted by Gasteiger charge is 2.43. The van der Waals surface area contributed by atoms with Gasteiger partial charge in [-0.25, -0.2) is 8.42 Å². The molecule has 2 atom stereocenters. The lowest BCUT2D eigenvalue weighted by Gasteiger charge is -2.35. The second-order valence-corrected chi connectivity index (χ2v) is 14.4. The van der Waals surface area contributed by atoms with E-state index in [2.05, 4.69) is 24.1 Å². The lowest BCUT2D eigenvalue weighted by atomic mass is 9.81.